The van der Waals surface area contributed by atoms with Gasteiger partial charge in [0.1, 0.15) is 0 Å². The Morgan fingerprint density at radius 1 is 1.11 bits per heavy atom. The molecule has 2 aromatic carbocycles. The predicted molar refractivity (Wildman–Crippen MR) is 84.5 cm³/mol. The fourth-order valence-corrected chi connectivity index (χ4v) is 3.47. The Morgan fingerprint density at radius 3 is 2.53 bits per heavy atom. The molecule has 5 heteroatoms. The van der Waals surface area contributed by atoms with Crippen molar-refractivity contribution in [3.05, 3.63) is 62.5 Å². The fourth-order valence-electron chi connectivity index (χ4n) is 1.88. The van der Waals surface area contributed by atoms with Gasteiger partial charge >= 0.3 is 0 Å². The molecule has 0 saturated carbocycles. The molecule has 3 aromatic rings. The van der Waals surface area contributed by atoms with Crippen LogP contribution in [0.1, 0.15) is 10.4 Å². The summed E-state index contributed by atoms with van der Waals surface area (Å²) in [5, 5.41) is 0. The third-order valence-electron chi connectivity index (χ3n) is 2.78. The van der Waals surface area contributed by atoms with Gasteiger partial charge in [-0.25, -0.2) is 0 Å². The van der Waals surface area contributed by atoms with Crippen LogP contribution in [0.4, 0.5) is 0 Å². The molecular weight excluding hydrogens is 342 g/mol. The molecule has 2 nitrogen and oxygen atoms in total. The van der Waals surface area contributed by atoms with Crippen molar-refractivity contribution in [1.82, 2.24) is 4.57 Å². The Kier molecular flexibility index (Phi) is 3.35. The zero-order valence-electron chi connectivity index (χ0n) is 9.67. The lowest BCUT2D eigenvalue weighted by atomic mass is 10.2. The van der Waals surface area contributed by atoms with Crippen LogP contribution in [0, 0.1) is 3.95 Å². The normalized spacial score (nSPS) is 10.8. The van der Waals surface area contributed by atoms with E-state index in [2.05, 4.69) is 15.9 Å². The Labute approximate surface area is 127 Å². The van der Waals surface area contributed by atoms with Gasteiger partial charge in [0.05, 0.1) is 10.2 Å². The molecule has 0 fully saturated rings. The molecule has 0 saturated heterocycles. The van der Waals surface area contributed by atoms with Crippen molar-refractivity contribution in [2.45, 2.75) is 0 Å². The Hall–Kier alpha value is -1.30. The SMILES string of the molecule is O=C(c1ccc(Br)cc1)n1c(=S)sc2ccccc21. The van der Waals surface area contributed by atoms with Crippen LogP contribution in [-0.2, 0) is 0 Å². The average Bonchev–Trinajstić information content (AvgIpc) is 2.74. The van der Waals surface area contributed by atoms with Crippen LogP contribution >= 0.6 is 39.5 Å². The summed E-state index contributed by atoms with van der Waals surface area (Å²) in [6.07, 6.45) is 0. The zero-order valence-corrected chi connectivity index (χ0v) is 12.9. The summed E-state index contributed by atoms with van der Waals surface area (Å²) in [6.45, 7) is 0. The zero-order chi connectivity index (χ0) is 13.4. The molecule has 0 unspecified atom stereocenters. The molecule has 0 amide bonds. The fraction of sp³-hybridized carbons (Fsp3) is 0. The maximum absolute atomic E-state index is 12.5. The number of aromatic nitrogens is 1. The monoisotopic (exact) mass is 349 g/mol. The first-order valence-corrected chi connectivity index (χ1v) is 7.59. The number of nitrogens with zero attached hydrogens (tertiary/aromatic N) is 1. The number of halogens is 1. The van der Waals surface area contributed by atoms with Gasteiger partial charge in [-0.2, -0.15) is 0 Å². The summed E-state index contributed by atoms with van der Waals surface area (Å²) < 4.78 is 4.15. The van der Waals surface area contributed by atoms with E-state index in [1.165, 1.54) is 11.3 Å². The van der Waals surface area contributed by atoms with E-state index in [0.29, 0.717) is 9.52 Å². The van der Waals surface area contributed by atoms with Gasteiger partial charge in [0.15, 0.2) is 3.95 Å². The number of fused-ring (bicyclic) bond motifs is 1. The van der Waals surface area contributed by atoms with Crippen molar-refractivity contribution < 1.29 is 4.79 Å². The first-order valence-electron chi connectivity index (χ1n) is 5.58. The number of benzene rings is 2. The van der Waals surface area contributed by atoms with E-state index in [1.54, 1.807) is 16.7 Å². The highest BCUT2D eigenvalue weighted by molar-refractivity contribution is 9.10. The topological polar surface area (TPSA) is 22.0 Å². The van der Waals surface area contributed by atoms with Gasteiger partial charge in [0.25, 0.3) is 5.91 Å². The molecule has 0 N–H and O–H groups in total. The maximum Gasteiger partial charge on any atom is 0.264 e. The Bertz CT molecular complexity index is 817. The molecule has 0 aliphatic rings. The van der Waals surface area contributed by atoms with Crippen LogP contribution in [0.3, 0.4) is 0 Å². The van der Waals surface area contributed by atoms with Crippen LogP contribution in [0.25, 0.3) is 10.2 Å². The first-order chi connectivity index (χ1) is 9.16. The van der Waals surface area contributed by atoms with Gasteiger partial charge in [-0.1, -0.05) is 28.1 Å². The van der Waals surface area contributed by atoms with Crippen molar-refractivity contribution in [2.24, 2.45) is 0 Å². The smallest absolute Gasteiger partial charge is 0.264 e. The second-order valence-corrected chi connectivity index (χ2v) is 6.57. The molecule has 1 aromatic heterocycles. The maximum atomic E-state index is 12.5. The number of rotatable bonds is 1. The van der Waals surface area contributed by atoms with Crippen LogP contribution in [0.5, 0.6) is 0 Å². The number of thiazole rings is 1. The standard InChI is InChI=1S/C14H8BrNOS2/c15-10-7-5-9(6-8-10)13(17)16-11-3-1-2-4-12(11)19-14(16)18/h1-8H. The van der Waals surface area contributed by atoms with E-state index < -0.39 is 0 Å². The van der Waals surface area contributed by atoms with E-state index in [1.807, 2.05) is 36.4 Å². The third kappa shape index (κ3) is 2.29. The molecule has 94 valence electrons. The summed E-state index contributed by atoms with van der Waals surface area (Å²) in [7, 11) is 0. The van der Waals surface area contributed by atoms with Gasteiger partial charge in [0.2, 0.25) is 0 Å². The number of hydrogen-bond acceptors (Lipinski definition) is 3. The molecule has 0 spiro atoms. The van der Waals surface area contributed by atoms with Gasteiger partial charge in [-0.05, 0) is 48.6 Å². The molecule has 0 bridgehead atoms. The van der Waals surface area contributed by atoms with Crippen LogP contribution < -0.4 is 0 Å². The van der Waals surface area contributed by atoms with Crippen LogP contribution in [0.2, 0.25) is 0 Å². The lowest BCUT2D eigenvalue weighted by Crippen LogP contribution is -2.11. The van der Waals surface area contributed by atoms with E-state index in [9.17, 15) is 4.79 Å². The van der Waals surface area contributed by atoms with E-state index in [4.69, 9.17) is 12.2 Å². The van der Waals surface area contributed by atoms with Crippen molar-refractivity contribution >= 4 is 55.6 Å². The minimum Gasteiger partial charge on any atom is -0.268 e. The average molecular weight is 350 g/mol. The highest BCUT2D eigenvalue weighted by atomic mass is 79.9. The lowest BCUT2D eigenvalue weighted by molar-refractivity contribution is 0.0964. The third-order valence-corrected chi connectivity index (χ3v) is 4.66. The minimum atomic E-state index is -0.0880. The van der Waals surface area contributed by atoms with Crippen molar-refractivity contribution in [2.75, 3.05) is 0 Å². The van der Waals surface area contributed by atoms with Gasteiger partial charge < -0.3 is 0 Å². The largest absolute Gasteiger partial charge is 0.268 e. The summed E-state index contributed by atoms with van der Waals surface area (Å²) in [5.41, 5.74) is 1.49. The van der Waals surface area contributed by atoms with Crippen LogP contribution in [-0.4, -0.2) is 10.5 Å². The van der Waals surface area contributed by atoms with E-state index >= 15 is 0 Å². The number of para-hydroxylation sites is 1. The van der Waals surface area contributed by atoms with Crippen molar-refractivity contribution in [1.29, 1.82) is 0 Å². The number of hydrogen-bond donors (Lipinski definition) is 0. The Morgan fingerprint density at radius 2 is 1.79 bits per heavy atom. The second-order valence-electron chi connectivity index (χ2n) is 3.98. The molecule has 3 rings (SSSR count). The highest BCUT2D eigenvalue weighted by Crippen LogP contribution is 2.24. The molecule has 0 radical (unpaired) electrons. The lowest BCUT2D eigenvalue weighted by Gasteiger charge is -2.03. The van der Waals surface area contributed by atoms with E-state index in [0.717, 1.165) is 14.7 Å². The molecule has 0 atom stereocenters. The summed E-state index contributed by atoms with van der Waals surface area (Å²) in [4.78, 5) is 12.5. The Balaban J connectivity index is 2.19. The number of carbonyl (C=O) groups is 1. The molecular formula is C14H8BrNOS2. The van der Waals surface area contributed by atoms with Crippen LogP contribution in [0.15, 0.2) is 53.0 Å². The molecule has 0 aliphatic heterocycles. The summed E-state index contributed by atoms with van der Waals surface area (Å²) >= 11 is 10.1. The second kappa shape index (κ2) is 5.00. The molecule has 19 heavy (non-hydrogen) atoms. The van der Waals surface area contributed by atoms with Gasteiger partial charge in [-0.15, -0.1) is 11.3 Å². The van der Waals surface area contributed by atoms with E-state index in [-0.39, 0.29) is 5.91 Å². The van der Waals surface area contributed by atoms with Crippen molar-refractivity contribution in [3.8, 4) is 0 Å². The van der Waals surface area contributed by atoms with Gasteiger partial charge in [-0.3, -0.25) is 9.36 Å². The molecule has 0 aliphatic carbocycles. The minimum absolute atomic E-state index is 0.0880. The van der Waals surface area contributed by atoms with Gasteiger partial charge in [0, 0.05) is 10.0 Å². The highest BCUT2D eigenvalue weighted by Gasteiger charge is 2.13. The quantitative estimate of drug-likeness (QED) is 0.584. The molecule has 1 heterocycles. The summed E-state index contributed by atoms with van der Waals surface area (Å²) in [5.74, 6) is -0.0880. The summed E-state index contributed by atoms with van der Waals surface area (Å²) in [6, 6.07) is 15.0. The number of carbonyl (C=O) groups excluding carboxylic acids is 1. The van der Waals surface area contributed by atoms with Crippen molar-refractivity contribution in [3.63, 3.8) is 0 Å². The predicted octanol–water partition coefficient (Wildman–Crippen LogP) is 4.88. The first kappa shape index (κ1) is 12.7.